The van der Waals surface area contributed by atoms with Crippen LogP contribution in [-0.2, 0) is 6.42 Å². The van der Waals surface area contributed by atoms with Gasteiger partial charge in [-0.25, -0.2) is 0 Å². The van der Waals surface area contributed by atoms with Crippen molar-refractivity contribution in [3.63, 3.8) is 0 Å². The first-order valence-electron chi connectivity index (χ1n) is 7.86. The number of halogens is 1. The van der Waals surface area contributed by atoms with Gasteiger partial charge in [0.25, 0.3) is 0 Å². The Bertz CT molecular complexity index is 441. The molecule has 0 spiro atoms. The van der Waals surface area contributed by atoms with E-state index < -0.39 is 0 Å². The van der Waals surface area contributed by atoms with Crippen molar-refractivity contribution in [1.82, 2.24) is 4.90 Å². The molecular weight excluding hydrogens is 268 g/mol. The molecular formula is C17H25ClN2. The Labute approximate surface area is 127 Å². The van der Waals surface area contributed by atoms with Gasteiger partial charge >= 0.3 is 0 Å². The molecule has 2 fully saturated rings. The van der Waals surface area contributed by atoms with Gasteiger partial charge in [-0.1, -0.05) is 23.7 Å². The van der Waals surface area contributed by atoms with Crippen LogP contribution in [0.15, 0.2) is 24.3 Å². The molecule has 3 atom stereocenters. The van der Waals surface area contributed by atoms with Crippen LogP contribution in [0.2, 0.25) is 5.02 Å². The van der Waals surface area contributed by atoms with Gasteiger partial charge in [0, 0.05) is 30.2 Å². The largest absolute Gasteiger partial charge is 0.327 e. The van der Waals surface area contributed by atoms with E-state index in [1.807, 2.05) is 12.1 Å². The summed E-state index contributed by atoms with van der Waals surface area (Å²) < 4.78 is 0. The zero-order valence-electron chi connectivity index (χ0n) is 12.3. The average molecular weight is 293 g/mol. The maximum atomic E-state index is 6.29. The molecule has 20 heavy (non-hydrogen) atoms. The van der Waals surface area contributed by atoms with Crippen molar-refractivity contribution in [2.24, 2.45) is 17.6 Å². The van der Waals surface area contributed by atoms with Crippen molar-refractivity contribution in [2.45, 2.75) is 44.7 Å². The maximum Gasteiger partial charge on any atom is 0.0406 e. The normalized spacial score (nSPS) is 29.4. The van der Waals surface area contributed by atoms with Gasteiger partial charge in [0.2, 0.25) is 0 Å². The highest BCUT2D eigenvalue weighted by Gasteiger charge is 2.35. The van der Waals surface area contributed by atoms with E-state index in [4.69, 9.17) is 17.3 Å². The molecule has 3 unspecified atom stereocenters. The maximum absolute atomic E-state index is 6.29. The fourth-order valence-corrected chi connectivity index (χ4v) is 3.72. The third-order valence-corrected chi connectivity index (χ3v) is 5.17. The van der Waals surface area contributed by atoms with E-state index in [9.17, 15) is 0 Å². The third-order valence-electron chi connectivity index (χ3n) is 4.92. The first kappa shape index (κ1) is 14.4. The summed E-state index contributed by atoms with van der Waals surface area (Å²) in [6.07, 6.45) is 5.10. The SMILES string of the molecule is CC(C1CC1)N1CC(N)CC(Cc2ccc(Cl)cc2)C1. The van der Waals surface area contributed by atoms with Crippen LogP contribution in [0.3, 0.4) is 0 Å². The summed E-state index contributed by atoms with van der Waals surface area (Å²) in [4.78, 5) is 2.63. The summed E-state index contributed by atoms with van der Waals surface area (Å²) in [5.74, 6) is 1.61. The van der Waals surface area contributed by atoms with Crippen LogP contribution in [0.1, 0.15) is 31.7 Å². The molecule has 0 radical (unpaired) electrons. The number of likely N-dealkylation sites (tertiary alicyclic amines) is 1. The van der Waals surface area contributed by atoms with Crippen molar-refractivity contribution < 1.29 is 0 Å². The summed E-state index contributed by atoms with van der Waals surface area (Å²) in [5.41, 5.74) is 7.67. The lowest BCUT2D eigenvalue weighted by Crippen LogP contribution is -2.51. The van der Waals surface area contributed by atoms with E-state index in [1.54, 1.807) is 0 Å². The van der Waals surface area contributed by atoms with Gasteiger partial charge in [-0.3, -0.25) is 4.90 Å². The van der Waals surface area contributed by atoms with Crippen LogP contribution in [0, 0.1) is 11.8 Å². The predicted octanol–water partition coefficient (Wildman–Crippen LogP) is 3.33. The molecule has 0 bridgehead atoms. The Morgan fingerprint density at radius 1 is 1.25 bits per heavy atom. The van der Waals surface area contributed by atoms with Gasteiger partial charge in [-0.15, -0.1) is 0 Å². The van der Waals surface area contributed by atoms with E-state index in [1.165, 1.54) is 24.9 Å². The van der Waals surface area contributed by atoms with E-state index >= 15 is 0 Å². The minimum absolute atomic E-state index is 0.335. The fourth-order valence-electron chi connectivity index (χ4n) is 3.60. The first-order valence-corrected chi connectivity index (χ1v) is 8.23. The lowest BCUT2D eigenvalue weighted by molar-refractivity contribution is 0.106. The lowest BCUT2D eigenvalue weighted by Gasteiger charge is -2.40. The highest BCUT2D eigenvalue weighted by Crippen LogP contribution is 2.36. The number of piperidine rings is 1. The van der Waals surface area contributed by atoms with Crippen LogP contribution in [0.5, 0.6) is 0 Å². The second kappa shape index (κ2) is 6.05. The molecule has 2 nitrogen and oxygen atoms in total. The summed E-state index contributed by atoms with van der Waals surface area (Å²) in [6, 6.07) is 9.33. The number of nitrogens with zero attached hydrogens (tertiary/aromatic N) is 1. The van der Waals surface area contributed by atoms with Crippen molar-refractivity contribution in [1.29, 1.82) is 0 Å². The molecule has 1 aliphatic heterocycles. The van der Waals surface area contributed by atoms with E-state index in [-0.39, 0.29) is 0 Å². The van der Waals surface area contributed by atoms with Gasteiger partial charge in [0.05, 0.1) is 0 Å². The molecule has 2 aliphatic rings. The molecule has 1 aromatic rings. The van der Waals surface area contributed by atoms with Crippen LogP contribution in [0.4, 0.5) is 0 Å². The molecule has 0 aromatic heterocycles. The predicted molar refractivity (Wildman–Crippen MR) is 85.0 cm³/mol. The Morgan fingerprint density at radius 2 is 1.95 bits per heavy atom. The Balaban J connectivity index is 1.61. The van der Waals surface area contributed by atoms with Crippen LogP contribution >= 0.6 is 11.6 Å². The van der Waals surface area contributed by atoms with Gasteiger partial charge < -0.3 is 5.73 Å². The minimum atomic E-state index is 0.335. The summed E-state index contributed by atoms with van der Waals surface area (Å²) >= 11 is 5.96. The van der Waals surface area contributed by atoms with Crippen LogP contribution in [0.25, 0.3) is 0 Å². The van der Waals surface area contributed by atoms with E-state index in [0.717, 1.165) is 30.3 Å². The van der Waals surface area contributed by atoms with Gasteiger partial charge in [0.1, 0.15) is 0 Å². The van der Waals surface area contributed by atoms with Crippen molar-refractivity contribution in [3.8, 4) is 0 Å². The zero-order valence-corrected chi connectivity index (χ0v) is 13.0. The third kappa shape index (κ3) is 3.55. The molecule has 1 aliphatic carbocycles. The molecule has 110 valence electrons. The standard InChI is InChI=1S/C17H25ClN2/c1-12(15-4-5-15)20-10-14(9-17(19)11-20)8-13-2-6-16(18)7-3-13/h2-3,6-7,12,14-15,17H,4-5,8-11,19H2,1H3. The highest BCUT2D eigenvalue weighted by molar-refractivity contribution is 6.30. The molecule has 3 heteroatoms. The summed E-state index contributed by atoms with van der Waals surface area (Å²) in [7, 11) is 0. The number of rotatable bonds is 4. The van der Waals surface area contributed by atoms with E-state index in [2.05, 4.69) is 24.0 Å². The quantitative estimate of drug-likeness (QED) is 0.922. The number of hydrogen-bond acceptors (Lipinski definition) is 2. The Morgan fingerprint density at radius 3 is 2.60 bits per heavy atom. The fraction of sp³-hybridized carbons (Fsp3) is 0.647. The topological polar surface area (TPSA) is 29.3 Å². The average Bonchev–Trinajstić information content (AvgIpc) is 3.24. The van der Waals surface area contributed by atoms with Gasteiger partial charge in [-0.05, 0) is 62.1 Å². The smallest absolute Gasteiger partial charge is 0.0406 e. The number of benzene rings is 1. The minimum Gasteiger partial charge on any atom is -0.327 e. The van der Waals surface area contributed by atoms with Crippen molar-refractivity contribution in [2.75, 3.05) is 13.1 Å². The van der Waals surface area contributed by atoms with Crippen molar-refractivity contribution >= 4 is 11.6 Å². The summed E-state index contributed by atoms with van der Waals surface area (Å²) in [5, 5.41) is 0.818. The second-order valence-electron chi connectivity index (χ2n) is 6.72. The lowest BCUT2D eigenvalue weighted by atomic mass is 9.88. The molecule has 1 saturated carbocycles. The molecule has 2 N–H and O–H groups in total. The van der Waals surface area contributed by atoms with E-state index in [0.29, 0.717) is 18.0 Å². The number of nitrogens with two attached hydrogens (primary N) is 1. The number of hydrogen-bond donors (Lipinski definition) is 1. The van der Waals surface area contributed by atoms with Crippen LogP contribution in [-0.4, -0.2) is 30.1 Å². The highest BCUT2D eigenvalue weighted by atomic mass is 35.5. The Hall–Kier alpha value is -0.570. The Kier molecular flexibility index (Phi) is 4.34. The first-order chi connectivity index (χ1) is 9.61. The second-order valence-corrected chi connectivity index (χ2v) is 7.16. The molecule has 0 amide bonds. The van der Waals surface area contributed by atoms with Gasteiger partial charge in [-0.2, -0.15) is 0 Å². The monoisotopic (exact) mass is 292 g/mol. The zero-order chi connectivity index (χ0) is 14.1. The van der Waals surface area contributed by atoms with Gasteiger partial charge in [0.15, 0.2) is 0 Å². The van der Waals surface area contributed by atoms with Crippen LogP contribution < -0.4 is 5.73 Å². The van der Waals surface area contributed by atoms with Crippen molar-refractivity contribution in [3.05, 3.63) is 34.9 Å². The molecule has 1 aromatic carbocycles. The molecule has 1 heterocycles. The summed E-state index contributed by atoms with van der Waals surface area (Å²) in [6.45, 7) is 4.66. The molecule has 3 rings (SSSR count). The molecule has 1 saturated heterocycles.